The first kappa shape index (κ1) is 12.7. The van der Waals surface area contributed by atoms with Crippen LogP contribution in [0.2, 0.25) is 0 Å². The number of nitrogens with zero attached hydrogens (tertiary/aromatic N) is 6. The van der Waals surface area contributed by atoms with Crippen molar-refractivity contribution in [3.05, 3.63) is 24.0 Å². The van der Waals surface area contributed by atoms with E-state index in [1.165, 1.54) is 29.0 Å². The molecule has 0 aromatic carbocycles. The monoisotopic (exact) mass is 266 g/mol. The van der Waals surface area contributed by atoms with Gasteiger partial charge in [-0.15, -0.1) is 10.2 Å². The maximum absolute atomic E-state index is 11.1. The molecule has 19 heavy (non-hydrogen) atoms. The van der Waals surface area contributed by atoms with E-state index < -0.39 is 11.9 Å². The van der Waals surface area contributed by atoms with Crippen molar-refractivity contribution in [2.24, 2.45) is 0 Å². The maximum atomic E-state index is 11.1. The molecule has 10 heteroatoms. The van der Waals surface area contributed by atoms with Crippen molar-refractivity contribution in [2.45, 2.75) is 13.1 Å². The lowest BCUT2D eigenvalue weighted by molar-refractivity contribution is 0.0585. The first-order valence-corrected chi connectivity index (χ1v) is 5.21. The summed E-state index contributed by atoms with van der Waals surface area (Å²) in [5, 5.41) is 19.7. The fraction of sp³-hybridized carbons (Fsp3) is 0.333. The summed E-state index contributed by atoms with van der Waals surface area (Å²) in [5.74, 6) is -1.79. The van der Waals surface area contributed by atoms with E-state index in [-0.39, 0.29) is 11.5 Å². The van der Waals surface area contributed by atoms with E-state index in [1.54, 1.807) is 0 Å². The molecule has 0 atom stereocenters. The first-order valence-electron chi connectivity index (χ1n) is 5.21. The Hall–Kier alpha value is -2.78. The summed E-state index contributed by atoms with van der Waals surface area (Å²) in [5.41, 5.74) is -0.131. The van der Waals surface area contributed by atoms with Crippen molar-refractivity contribution in [2.75, 3.05) is 7.11 Å². The van der Waals surface area contributed by atoms with Gasteiger partial charge in [0.1, 0.15) is 6.33 Å². The number of aromatic carboxylic acids is 1. The van der Waals surface area contributed by atoms with Gasteiger partial charge in [0, 0.05) is 0 Å². The van der Waals surface area contributed by atoms with Gasteiger partial charge in [-0.25, -0.2) is 19.3 Å². The van der Waals surface area contributed by atoms with Crippen molar-refractivity contribution in [1.29, 1.82) is 0 Å². The number of aromatic nitrogens is 6. The molecule has 100 valence electrons. The van der Waals surface area contributed by atoms with Crippen LogP contribution in [0.25, 0.3) is 0 Å². The van der Waals surface area contributed by atoms with Crippen molar-refractivity contribution < 1.29 is 19.4 Å². The summed E-state index contributed by atoms with van der Waals surface area (Å²) < 4.78 is 7.26. The Balaban J connectivity index is 1.96. The Morgan fingerprint density at radius 2 is 2.11 bits per heavy atom. The Labute approximate surface area is 106 Å². The minimum absolute atomic E-state index is 0.0349. The van der Waals surface area contributed by atoms with Crippen LogP contribution in [0.3, 0.4) is 0 Å². The van der Waals surface area contributed by atoms with Crippen molar-refractivity contribution in [3.63, 3.8) is 0 Å². The number of hydrogen-bond donors (Lipinski definition) is 1. The van der Waals surface area contributed by atoms with E-state index in [0.29, 0.717) is 13.1 Å². The van der Waals surface area contributed by atoms with Crippen LogP contribution in [0.4, 0.5) is 0 Å². The normalized spacial score (nSPS) is 10.4. The molecule has 2 heterocycles. The number of ether oxygens (including phenoxy) is 1. The van der Waals surface area contributed by atoms with Crippen LogP contribution >= 0.6 is 0 Å². The number of aryl methyl sites for hydroxylation is 2. The molecule has 0 saturated carbocycles. The third-order valence-corrected chi connectivity index (χ3v) is 2.22. The van der Waals surface area contributed by atoms with E-state index in [4.69, 9.17) is 5.11 Å². The average molecular weight is 266 g/mol. The number of methoxy groups -OCH3 is 1. The lowest BCUT2D eigenvalue weighted by atomic mass is 10.5. The standard InChI is InChI=1S/C9H10N6O4/c1-19-9(18)7-10-5-15(12-7)3-2-14-4-6(8(16)17)11-13-14/h4-5H,2-3H2,1H3,(H,16,17). The third kappa shape index (κ3) is 2.91. The Morgan fingerprint density at radius 3 is 2.74 bits per heavy atom. The highest BCUT2D eigenvalue weighted by molar-refractivity contribution is 5.85. The van der Waals surface area contributed by atoms with Crippen molar-refractivity contribution in [1.82, 2.24) is 29.8 Å². The number of carbonyl (C=O) groups is 2. The average Bonchev–Trinajstić information content (AvgIpc) is 3.04. The molecular weight excluding hydrogens is 256 g/mol. The van der Waals surface area contributed by atoms with Crippen LogP contribution in [0.5, 0.6) is 0 Å². The molecule has 0 aliphatic heterocycles. The van der Waals surface area contributed by atoms with Gasteiger partial charge in [0.15, 0.2) is 5.69 Å². The molecule has 0 bridgehead atoms. The van der Waals surface area contributed by atoms with Gasteiger partial charge in [-0.1, -0.05) is 5.21 Å². The second-order valence-corrected chi connectivity index (χ2v) is 3.49. The molecule has 0 aliphatic rings. The van der Waals surface area contributed by atoms with Gasteiger partial charge in [0.05, 0.1) is 26.4 Å². The van der Waals surface area contributed by atoms with E-state index in [2.05, 4.69) is 25.1 Å². The zero-order valence-electron chi connectivity index (χ0n) is 9.92. The molecule has 0 saturated heterocycles. The molecule has 10 nitrogen and oxygen atoms in total. The number of rotatable bonds is 5. The number of carboxylic acid groups (broad SMARTS) is 1. The van der Waals surface area contributed by atoms with Crippen LogP contribution in [0, 0.1) is 0 Å². The summed E-state index contributed by atoms with van der Waals surface area (Å²) in [6.07, 6.45) is 2.68. The highest BCUT2D eigenvalue weighted by atomic mass is 16.5. The van der Waals surface area contributed by atoms with Gasteiger partial charge < -0.3 is 9.84 Å². The summed E-state index contributed by atoms with van der Waals surface area (Å²) in [4.78, 5) is 25.5. The van der Waals surface area contributed by atoms with E-state index in [9.17, 15) is 9.59 Å². The zero-order valence-corrected chi connectivity index (χ0v) is 9.92. The second kappa shape index (κ2) is 5.25. The Morgan fingerprint density at radius 1 is 1.37 bits per heavy atom. The maximum Gasteiger partial charge on any atom is 0.377 e. The van der Waals surface area contributed by atoms with Gasteiger partial charge in [-0.3, -0.25) is 4.68 Å². The minimum atomic E-state index is -1.14. The summed E-state index contributed by atoms with van der Waals surface area (Å²) in [6.45, 7) is 0.719. The van der Waals surface area contributed by atoms with Gasteiger partial charge >= 0.3 is 11.9 Å². The number of carbonyl (C=O) groups excluding carboxylic acids is 1. The largest absolute Gasteiger partial charge is 0.476 e. The van der Waals surface area contributed by atoms with Crippen LogP contribution < -0.4 is 0 Å². The minimum Gasteiger partial charge on any atom is -0.476 e. The highest BCUT2D eigenvalue weighted by Gasteiger charge is 2.11. The molecule has 2 rings (SSSR count). The van der Waals surface area contributed by atoms with E-state index in [1.807, 2.05) is 0 Å². The zero-order chi connectivity index (χ0) is 13.8. The Bertz CT molecular complexity index is 603. The molecule has 0 amide bonds. The number of esters is 1. The van der Waals surface area contributed by atoms with Crippen LogP contribution in [-0.4, -0.2) is 53.9 Å². The fourth-order valence-corrected chi connectivity index (χ4v) is 1.30. The molecule has 0 spiro atoms. The fourth-order valence-electron chi connectivity index (χ4n) is 1.30. The highest BCUT2D eigenvalue weighted by Crippen LogP contribution is 1.96. The number of hydrogen-bond acceptors (Lipinski definition) is 7. The van der Waals surface area contributed by atoms with Crippen LogP contribution in [0.15, 0.2) is 12.5 Å². The summed E-state index contributed by atoms with van der Waals surface area (Å²) >= 11 is 0. The van der Waals surface area contributed by atoms with Gasteiger partial charge in [0.2, 0.25) is 0 Å². The van der Waals surface area contributed by atoms with E-state index >= 15 is 0 Å². The van der Waals surface area contributed by atoms with E-state index in [0.717, 1.165) is 0 Å². The molecular formula is C9H10N6O4. The summed E-state index contributed by atoms with van der Waals surface area (Å²) in [7, 11) is 1.24. The van der Waals surface area contributed by atoms with Crippen molar-refractivity contribution >= 4 is 11.9 Å². The number of carboxylic acids is 1. The topological polar surface area (TPSA) is 125 Å². The lowest BCUT2D eigenvalue weighted by Crippen LogP contribution is -2.10. The molecule has 0 radical (unpaired) electrons. The van der Waals surface area contributed by atoms with Crippen LogP contribution in [-0.2, 0) is 17.8 Å². The third-order valence-electron chi connectivity index (χ3n) is 2.22. The Kier molecular flexibility index (Phi) is 3.50. The van der Waals surface area contributed by atoms with Crippen molar-refractivity contribution in [3.8, 4) is 0 Å². The van der Waals surface area contributed by atoms with Crippen LogP contribution in [0.1, 0.15) is 21.1 Å². The molecule has 0 unspecified atom stereocenters. The lowest BCUT2D eigenvalue weighted by Gasteiger charge is -1.99. The summed E-state index contributed by atoms with van der Waals surface area (Å²) in [6, 6.07) is 0. The quantitative estimate of drug-likeness (QED) is 0.687. The smallest absolute Gasteiger partial charge is 0.377 e. The van der Waals surface area contributed by atoms with Gasteiger partial charge in [-0.2, -0.15) is 0 Å². The second-order valence-electron chi connectivity index (χ2n) is 3.49. The SMILES string of the molecule is COC(=O)c1ncn(CCn2cc(C(=O)O)nn2)n1. The molecule has 2 aromatic rings. The van der Waals surface area contributed by atoms with Gasteiger partial charge in [-0.05, 0) is 0 Å². The molecule has 1 N–H and O–H groups in total. The first-order chi connectivity index (χ1) is 9.10. The predicted octanol–water partition coefficient (Wildman–Crippen LogP) is -0.945. The molecule has 0 aliphatic carbocycles. The van der Waals surface area contributed by atoms with Gasteiger partial charge in [0.25, 0.3) is 5.82 Å². The molecule has 0 fully saturated rings. The molecule has 2 aromatic heterocycles. The predicted molar refractivity (Wildman–Crippen MR) is 58.3 cm³/mol.